The molecule has 1 atom stereocenters. The van der Waals surface area contributed by atoms with Crippen molar-refractivity contribution in [3.8, 4) is 11.5 Å². The molecule has 1 aliphatic rings. The van der Waals surface area contributed by atoms with E-state index >= 15 is 0 Å². The summed E-state index contributed by atoms with van der Waals surface area (Å²) in [6, 6.07) is 17.3. The molecule has 35 heavy (non-hydrogen) atoms. The molecular weight excluding hydrogens is 442 g/mol. The molecule has 0 radical (unpaired) electrons. The summed E-state index contributed by atoms with van der Waals surface area (Å²) in [7, 11) is 1.64. The van der Waals surface area contributed by atoms with Crippen LogP contribution in [0.2, 0.25) is 0 Å². The van der Waals surface area contributed by atoms with E-state index in [2.05, 4.69) is 34.4 Å². The van der Waals surface area contributed by atoms with E-state index in [4.69, 9.17) is 19.6 Å². The minimum atomic E-state index is -1.17. The summed E-state index contributed by atoms with van der Waals surface area (Å²) < 4.78 is 16.7. The number of rotatable bonds is 11. The molecule has 1 unspecified atom stereocenters. The summed E-state index contributed by atoms with van der Waals surface area (Å²) >= 11 is 0. The highest BCUT2D eigenvalue weighted by atomic mass is 16.5. The van der Waals surface area contributed by atoms with Crippen LogP contribution < -0.4 is 25.8 Å². The van der Waals surface area contributed by atoms with Crippen LogP contribution in [0.4, 0.5) is 5.69 Å². The van der Waals surface area contributed by atoms with Gasteiger partial charge in [-0.15, -0.1) is 0 Å². The van der Waals surface area contributed by atoms with Crippen LogP contribution in [0.5, 0.6) is 11.5 Å². The van der Waals surface area contributed by atoms with Crippen LogP contribution in [0, 0.1) is 0 Å². The molecule has 2 heterocycles. The number of furan rings is 1. The monoisotopic (exact) mass is 475 g/mol. The zero-order valence-corrected chi connectivity index (χ0v) is 20.5. The highest BCUT2D eigenvalue weighted by Crippen LogP contribution is 2.31. The molecule has 8 nitrogen and oxygen atoms in total. The van der Waals surface area contributed by atoms with Crippen LogP contribution in [0.1, 0.15) is 25.0 Å². The van der Waals surface area contributed by atoms with Gasteiger partial charge in [0.25, 0.3) is 0 Å². The molecule has 4 N–H and O–H groups in total. The standard InChI is InChI=1S/C27H33N5O3/c1-4-32(5-2)15-17-35-22-12-10-21(11-13-22)27(28)29-18-23(20-14-16-34-19-20)26(31-27)30-24-8-6-7-9-25(24)33-3/h6-14,16,18-19,30-31H,4-5,15,17,28H2,1-3H3. The van der Waals surface area contributed by atoms with Crippen molar-refractivity contribution in [1.29, 1.82) is 0 Å². The van der Waals surface area contributed by atoms with Gasteiger partial charge in [0.05, 0.1) is 25.3 Å². The Hall–Kier alpha value is -3.75. The molecule has 0 saturated carbocycles. The zero-order valence-electron chi connectivity index (χ0n) is 20.5. The van der Waals surface area contributed by atoms with Gasteiger partial charge in [0.15, 0.2) is 0 Å². The van der Waals surface area contributed by atoms with Gasteiger partial charge in [-0.05, 0) is 55.6 Å². The molecule has 184 valence electrons. The van der Waals surface area contributed by atoms with Gasteiger partial charge in [0, 0.05) is 29.5 Å². The lowest BCUT2D eigenvalue weighted by Crippen LogP contribution is -2.51. The number of likely N-dealkylation sites (N-methyl/N-ethyl adjacent to an activating group) is 1. The first-order chi connectivity index (χ1) is 17.1. The molecule has 4 rings (SSSR count). The molecule has 1 aromatic heterocycles. The Balaban J connectivity index is 1.54. The predicted molar refractivity (Wildman–Crippen MR) is 139 cm³/mol. The van der Waals surface area contributed by atoms with Gasteiger partial charge in [0.2, 0.25) is 5.79 Å². The minimum absolute atomic E-state index is 0.634. The molecule has 0 spiro atoms. The molecule has 0 aliphatic carbocycles. The Bertz CT molecular complexity index is 1150. The Labute approximate surface area is 206 Å². The Morgan fingerprint density at radius 1 is 1.09 bits per heavy atom. The van der Waals surface area contributed by atoms with Crippen LogP contribution in [0.25, 0.3) is 5.57 Å². The van der Waals surface area contributed by atoms with Gasteiger partial charge < -0.3 is 29.4 Å². The third kappa shape index (κ3) is 5.67. The molecule has 0 amide bonds. The first-order valence-corrected chi connectivity index (χ1v) is 11.8. The fraction of sp³-hybridized carbons (Fsp3) is 0.296. The first kappa shape index (κ1) is 24.4. The second-order valence-corrected chi connectivity index (χ2v) is 8.18. The van der Waals surface area contributed by atoms with Crippen molar-refractivity contribution in [2.45, 2.75) is 19.6 Å². The van der Waals surface area contributed by atoms with Crippen LogP contribution in [0.3, 0.4) is 0 Å². The van der Waals surface area contributed by atoms with E-state index in [1.54, 1.807) is 25.9 Å². The number of aliphatic imine (C=N–C) groups is 1. The van der Waals surface area contributed by atoms with E-state index in [-0.39, 0.29) is 0 Å². The Kier molecular flexibility index (Phi) is 7.74. The maximum absolute atomic E-state index is 6.75. The minimum Gasteiger partial charge on any atom is -0.495 e. The van der Waals surface area contributed by atoms with Gasteiger partial charge in [-0.25, -0.2) is 4.99 Å². The number of anilines is 1. The fourth-order valence-electron chi connectivity index (χ4n) is 3.92. The van der Waals surface area contributed by atoms with Crippen LogP contribution in [-0.2, 0) is 5.79 Å². The smallest absolute Gasteiger partial charge is 0.210 e. The molecule has 2 aromatic carbocycles. The molecular formula is C27H33N5O3. The Morgan fingerprint density at radius 2 is 1.86 bits per heavy atom. The van der Waals surface area contributed by atoms with E-state index in [0.29, 0.717) is 18.2 Å². The summed E-state index contributed by atoms with van der Waals surface area (Å²) in [5, 5.41) is 6.81. The number of allylic oxidation sites excluding steroid dienone is 1. The average molecular weight is 476 g/mol. The van der Waals surface area contributed by atoms with E-state index in [1.807, 2.05) is 54.6 Å². The lowest BCUT2D eigenvalue weighted by atomic mass is 10.0. The molecule has 8 heteroatoms. The maximum Gasteiger partial charge on any atom is 0.210 e. The quantitative estimate of drug-likeness (QED) is 0.382. The van der Waals surface area contributed by atoms with Gasteiger partial charge >= 0.3 is 0 Å². The lowest BCUT2D eigenvalue weighted by molar-refractivity contribution is 0.222. The van der Waals surface area contributed by atoms with Crippen molar-refractivity contribution < 1.29 is 13.9 Å². The molecule has 1 aliphatic heterocycles. The van der Waals surface area contributed by atoms with Crippen LogP contribution in [0.15, 0.2) is 82.4 Å². The molecule has 3 aromatic rings. The third-order valence-corrected chi connectivity index (χ3v) is 6.05. The highest BCUT2D eigenvalue weighted by Gasteiger charge is 2.32. The second-order valence-electron chi connectivity index (χ2n) is 8.18. The maximum atomic E-state index is 6.75. The number of para-hydroxylation sites is 2. The van der Waals surface area contributed by atoms with E-state index in [9.17, 15) is 0 Å². The largest absolute Gasteiger partial charge is 0.495 e. The number of hydrogen-bond acceptors (Lipinski definition) is 8. The summed E-state index contributed by atoms with van der Waals surface area (Å²) in [5.74, 6) is 1.03. The van der Waals surface area contributed by atoms with Crippen molar-refractivity contribution in [3.63, 3.8) is 0 Å². The normalized spacial score (nSPS) is 17.4. The molecule has 0 bridgehead atoms. The number of nitrogens with one attached hydrogen (secondary N) is 2. The third-order valence-electron chi connectivity index (χ3n) is 6.05. The second kappa shape index (κ2) is 11.1. The average Bonchev–Trinajstić information content (AvgIpc) is 3.42. The number of hydrogen-bond donors (Lipinski definition) is 3. The van der Waals surface area contributed by atoms with Gasteiger partial charge in [-0.2, -0.15) is 0 Å². The van der Waals surface area contributed by atoms with Gasteiger partial charge in [0.1, 0.15) is 23.9 Å². The van der Waals surface area contributed by atoms with Crippen molar-refractivity contribution in [2.24, 2.45) is 10.7 Å². The Morgan fingerprint density at radius 3 is 2.54 bits per heavy atom. The summed E-state index contributed by atoms with van der Waals surface area (Å²) in [5.41, 5.74) is 10.0. The zero-order chi connectivity index (χ0) is 24.7. The number of nitrogens with zero attached hydrogens (tertiary/aromatic N) is 2. The van der Waals surface area contributed by atoms with Crippen molar-refractivity contribution in [1.82, 2.24) is 10.2 Å². The molecule has 0 saturated heterocycles. The van der Waals surface area contributed by atoms with E-state index in [1.165, 1.54) is 0 Å². The van der Waals surface area contributed by atoms with Crippen molar-refractivity contribution in [3.05, 3.63) is 84.1 Å². The highest BCUT2D eigenvalue weighted by molar-refractivity contribution is 6.12. The topological polar surface area (TPSA) is 97.3 Å². The van der Waals surface area contributed by atoms with Crippen LogP contribution in [-0.4, -0.2) is 44.5 Å². The summed E-state index contributed by atoms with van der Waals surface area (Å²) in [4.78, 5) is 6.99. The number of ether oxygens (including phenoxy) is 2. The van der Waals surface area contributed by atoms with Crippen molar-refractivity contribution in [2.75, 3.05) is 38.7 Å². The van der Waals surface area contributed by atoms with E-state index in [0.717, 1.165) is 47.8 Å². The predicted octanol–water partition coefficient (Wildman–Crippen LogP) is 4.23. The summed E-state index contributed by atoms with van der Waals surface area (Å²) in [6.45, 7) is 7.85. The van der Waals surface area contributed by atoms with Crippen molar-refractivity contribution >= 4 is 17.5 Å². The lowest BCUT2D eigenvalue weighted by Gasteiger charge is -2.34. The first-order valence-electron chi connectivity index (χ1n) is 11.8. The van der Waals surface area contributed by atoms with Gasteiger partial charge in [-0.1, -0.05) is 26.0 Å². The van der Waals surface area contributed by atoms with Crippen LogP contribution >= 0.6 is 0 Å². The fourth-order valence-corrected chi connectivity index (χ4v) is 3.92. The number of nitrogens with two attached hydrogens (primary N) is 1. The number of methoxy groups -OCH3 is 1. The van der Waals surface area contributed by atoms with E-state index < -0.39 is 5.79 Å². The SMILES string of the molecule is CCN(CC)CCOc1ccc(C2(N)N=CC(c3ccoc3)=C(Nc3ccccc3OC)N2)cc1. The number of benzene rings is 2. The molecule has 0 fully saturated rings. The summed E-state index contributed by atoms with van der Waals surface area (Å²) in [6.07, 6.45) is 5.05. The van der Waals surface area contributed by atoms with Gasteiger partial charge in [-0.3, -0.25) is 5.73 Å².